The standard InChI is InChI=1S/C26H31N3O4/c1-15-8-9-19-17(14-27-29(19)20-7-5-6-12-33-20)21(15)22-16-10-11-26(2,3)13-18(16)28-24(30)23(22)25(31)32-4/h8-9,14,20H,5-7,10-13H2,1-4H3,(H,28,30). The second-order valence-corrected chi connectivity index (χ2v) is 10.1. The Kier molecular flexibility index (Phi) is 5.40. The molecule has 2 aliphatic rings. The lowest BCUT2D eigenvalue weighted by Crippen LogP contribution is -2.30. The van der Waals surface area contributed by atoms with E-state index in [0.29, 0.717) is 5.56 Å². The zero-order valence-electron chi connectivity index (χ0n) is 19.8. The highest BCUT2D eigenvalue weighted by Crippen LogP contribution is 2.42. The van der Waals surface area contributed by atoms with Crippen LogP contribution in [-0.4, -0.2) is 34.5 Å². The summed E-state index contributed by atoms with van der Waals surface area (Å²) in [5.74, 6) is -0.613. The highest BCUT2D eigenvalue weighted by Gasteiger charge is 2.33. The molecule has 3 heterocycles. The molecule has 7 nitrogen and oxygen atoms in total. The Labute approximate surface area is 193 Å². The summed E-state index contributed by atoms with van der Waals surface area (Å²) in [6.45, 7) is 7.17. The number of carbonyl (C=O) groups is 1. The minimum atomic E-state index is -0.613. The molecular formula is C26H31N3O4. The number of pyridine rings is 1. The van der Waals surface area contributed by atoms with Crippen LogP contribution in [0.1, 0.15) is 72.9 Å². The number of nitrogens with zero attached hydrogens (tertiary/aromatic N) is 2. The topological polar surface area (TPSA) is 86.2 Å². The first kappa shape index (κ1) is 21.9. The van der Waals surface area contributed by atoms with Crippen LogP contribution in [0.15, 0.2) is 23.1 Å². The number of nitrogens with one attached hydrogen (secondary N) is 1. The minimum Gasteiger partial charge on any atom is -0.465 e. The van der Waals surface area contributed by atoms with Gasteiger partial charge in [-0.1, -0.05) is 19.9 Å². The normalized spacial score (nSPS) is 19.9. The van der Waals surface area contributed by atoms with E-state index in [1.165, 1.54) is 7.11 Å². The van der Waals surface area contributed by atoms with Crippen LogP contribution in [0.25, 0.3) is 22.0 Å². The molecule has 7 heteroatoms. The van der Waals surface area contributed by atoms with Gasteiger partial charge in [-0.2, -0.15) is 5.10 Å². The molecule has 1 aliphatic carbocycles. The van der Waals surface area contributed by atoms with Crippen LogP contribution in [0, 0.1) is 12.3 Å². The third-order valence-electron chi connectivity index (χ3n) is 7.17. The van der Waals surface area contributed by atoms with Crippen LogP contribution in [-0.2, 0) is 22.3 Å². The average molecular weight is 450 g/mol. The summed E-state index contributed by atoms with van der Waals surface area (Å²) in [5, 5.41) is 5.61. The first-order chi connectivity index (χ1) is 15.8. The monoisotopic (exact) mass is 449 g/mol. The summed E-state index contributed by atoms with van der Waals surface area (Å²) in [4.78, 5) is 29.1. The van der Waals surface area contributed by atoms with Crippen LogP contribution < -0.4 is 5.56 Å². The summed E-state index contributed by atoms with van der Waals surface area (Å²) in [6.07, 6.45) is 7.36. The molecule has 0 bridgehead atoms. The molecule has 1 saturated heterocycles. The quantitative estimate of drug-likeness (QED) is 0.586. The van der Waals surface area contributed by atoms with Gasteiger partial charge in [-0.05, 0) is 73.6 Å². The van der Waals surface area contributed by atoms with E-state index in [4.69, 9.17) is 9.47 Å². The zero-order valence-corrected chi connectivity index (χ0v) is 19.8. The van der Waals surface area contributed by atoms with Gasteiger partial charge in [0.25, 0.3) is 5.56 Å². The van der Waals surface area contributed by atoms with Crippen molar-refractivity contribution in [2.45, 2.75) is 65.5 Å². The van der Waals surface area contributed by atoms with Crippen molar-refractivity contribution in [1.82, 2.24) is 14.8 Å². The van der Waals surface area contributed by atoms with Gasteiger partial charge in [-0.3, -0.25) is 4.79 Å². The Balaban J connectivity index is 1.80. The molecule has 0 spiro atoms. The van der Waals surface area contributed by atoms with Gasteiger partial charge in [0.1, 0.15) is 5.56 Å². The Morgan fingerprint density at radius 2 is 2.09 bits per heavy atom. The average Bonchev–Trinajstić information content (AvgIpc) is 3.22. The maximum atomic E-state index is 13.2. The number of aromatic nitrogens is 3. The molecule has 1 fully saturated rings. The van der Waals surface area contributed by atoms with E-state index >= 15 is 0 Å². The molecule has 1 aromatic carbocycles. The van der Waals surface area contributed by atoms with Crippen LogP contribution >= 0.6 is 0 Å². The fourth-order valence-electron chi connectivity index (χ4n) is 5.43. The third kappa shape index (κ3) is 3.68. The summed E-state index contributed by atoms with van der Waals surface area (Å²) in [7, 11) is 1.32. The SMILES string of the molecule is COC(=O)c1c(-c2c(C)ccc3c2cnn3C2CCCCO2)c2c([nH]c1=O)CC(C)(C)CC2. The first-order valence-corrected chi connectivity index (χ1v) is 11.8. The van der Waals surface area contributed by atoms with Crippen molar-refractivity contribution < 1.29 is 14.3 Å². The second-order valence-electron chi connectivity index (χ2n) is 10.1. The number of aryl methyl sites for hydroxylation is 1. The lowest BCUT2D eigenvalue weighted by Gasteiger charge is -2.32. The van der Waals surface area contributed by atoms with Gasteiger partial charge < -0.3 is 14.5 Å². The number of aromatic amines is 1. The predicted molar refractivity (Wildman–Crippen MR) is 127 cm³/mol. The van der Waals surface area contributed by atoms with Crippen molar-refractivity contribution in [1.29, 1.82) is 0 Å². The molecule has 0 saturated carbocycles. The van der Waals surface area contributed by atoms with Gasteiger partial charge in [0.2, 0.25) is 0 Å². The van der Waals surface area contributed by atoms with E-state index in [2.05, 4.69) is 30.0 Å². The van der Waals surface area contributed by atoms with Crippen LogP contribution in [0.3, 0.4) is 0 Å². The summed E-state index contributed by atoms with van der Waals surface area (Å²) in [5.41, 5.74) is 5.24. The van der Waals surface area contributed by atoms with Crippen molar-refractivity contribution in [3.63, 3.8) is 0 Å². The van der Waals surface area contributed by atoms with Crippen LogP contribution in [0.2, 0.25) is 0 Å². The second kappa shape index (κ2) is 8.13. The lowest BCUT2D eigenvalue weighted by atomic mass is 9.73. The number of rotatable bonds is 3. The van der Waals surface area contributed by atoms with Crippen molar-refractivity contribution in [2.24, 2.45) is 5.41 Å². The van der Waals surface area contributed by atoms with Gasteiger partial charge >= 0.3 is 5.97 Å². The summed E-state index contributed by atoms with van der Waals surface area (Å²) < 4.78 is 13.0. The van der Waals surface area contributed by atoms with E-state index in [1.54, 1.807) is 0 Å². The Morgan fingerprint density at radius 3 is 2.82 bits per heavy atom. The van der Waals surface area contributed by atoms with Gasteiger partial charge in [0.05, 0.1) is 18.8 Å². The number of carbonyl (C=O) groups excluding carboxylic acids is 1. The van der Waals surface area contributed by atoms with Gasteiger partial charge in [0, 0.05) is 23.3 Å². The third-order valence-corrected chi connectivity index (χ3v) is 7.17. The number of benzene rings is 1. The van der Waals surface area contributed by atoms with Crippen molar-refractivity contribution >= 4 is 16.9 Å². The lowest BCUT2D eigenvalue weighted by molar-refractivity contribution is -0.0366. The molecule has 1 atom stereocenters. The molecule has 5 rings (SSSR count). The van der Waals surface area contributed by atoms with E-state index in [1.807, 2.05) is 23.9 Å². The molecule has 33 heavy (non-hydrogen) atoms. The van der Waals surface area contributed by atoms with Gasteiger partial charge in [-0.25, -0.2) is 9.48 Å². The van der Waals surface area contributed by atoms with Crippen LogP contribution in [0.5, 0.6) is 0 Å². The van der Waals surface area contributed by atoms with E-state index in [9.17, 15) is 9.59 Å². The van der Waals surface area contributed by atoms with E-state index in [0.717, 1.165) is 78.4 Å². The zero-order chi connectivity index (χ0) is 23.3. The number of hydrogen-bond acceptors (Lipinski definition) is 5. The first-order valence-electron chi connectivity index (χ1n) is 11.8. The molecular weight excluding hydrogens is 418 g/mol. The Bertz CT molecular complexity index is 1300. The molecule has 1 aliphatic heterocycles. The predicted octanol–water partition coefficient (Wildman–Crippen LogP) is 4.70. The van der Waals surface area contributed by atoms with Crippen molar-refractivity contribution in [2.75, 3.05) is 13.7 Å². The molecule has 1 unspecified atom stereocenters. The van der Waals surface area contributed by atoms with E-state index in [-0.39, 0.29) is 17.2 Å². The largest absolute Gasteiger partial charge is 0.465 e. The van der Waals surface area contributed by atoms with Crippen molar-refractivity contribution in [3.05, 3.63) is 51.1 Å². The number of fused-ring (bicyclic) bond motifs is 2. The smallest absolute Gasteiger partial charge is 0.344 e. The molecule has 0 radical (unpaired) electrons. The Hall–Kier alpha value is -2.93. The molecule has 2 aromatic heterocycles. The number of hydrogen-bond donors (Lipinski definition) is 1. The van der Waals surface area contributed by atoms with E-state index < -0.39 is 11.5 Å². The van der Waals surface area contributed by atoms with Crippen LogP contribution in [0.4, 0.5) is 0 Å². The highest BCUT2D eigenvalue weighted by molar-refractivity contribution is 6.05. The number of esters is 1. The fraction of sp³-hybridized carbons (Fsp3) is 0.500. The summed E-state index contributed by atoms with van der Waals surface area (Å²) in [6, 6.07) is 4.10. The minimum absolute atomic E-state index is 0.0771. The maximum Gasteiger partial charge on any atom is 0.344 e. The molecule has 3 aromatic rings. The fourth-order valence-corrected chi connectivity index (χ4v) is 5.43. The number of ether oxygens (including phenoxy) is 2. The number of H-pyrrole nitrogens is 1. The summed E-state index contributed by atoms with van der Waals surface area (Å²) >= 11 is 0. The maximum absolute atomic E-state index is 13.2. The van der Waals surface area contributed by atoms with Gasteiger partial charge in [0.15, 0.2) is 6.23 Å². The Morgan fingerprint density at radius 1 is 1.27 bits per heavy atom. The highest BCUT2D eigenvalue weighted by atomic mass is 16.5. The molecule has 174 valence electrons. The number of methoxy groups -OCH3 is 1. The van der Waals surface area contributed by atoms with Gasteiger partial charge in [-0.15, -0.1) is 0 Å². The molecule has 0 amide bonds. The van der Waals surface area contributed by atoms with Crippen molar-refractivity contribution in [3.8, 4) is 11.1 Å². The molecule has 1 N–H and O–H groups in total.